The van der Waals surface area contributed by atoms with E-state index in [0.717, 1.165) is 5.56 Å². The fourth-order valence-electron chi connectivity index (χ4n) is 2.67. The Bertz CT molecular complexity index is 989. The molecule has 0 atom stereocenters. The Kier molecular flexibility index (Phi) is 6.29. The molecule has 0 aliphatic heterocycles. The Morgan fingerprint density at radius 2 is 1.76 bits per heavy atom. The van der Waals surface area contributed by atoms with Gasteiger partial charge in [-0.15, -0.1) is 0 Å². The van der Waals surface area contributed by atoms with Crippen molar-refractivity contribution in [3.05, 3.63) is 71.1 Å². The van der Waals surface area contributed by atoms with Crippen molar-refractivity contribution in [3.63, 3.8) is 0 Å². The summed E-state index contributed by atoms with van der Waals surface area (Å²) in [4.78, 5) is 24.2. The Morgan fingerprint density at radius 1 is 1.03 bits per heavy atom. The van der Waals surface area contributed by atoms with Crippen molar-refractivity contribution in [1.82, 2.24) is 5.16 Å². The Hall–Kier alpha value is -3.61. The first kappa shape index (κ1) is 20.1. The lowest BCUT2D eigenvalue weighted by Crippen LogP contribution is -2.22. The summed E-state index contributed by atoms with van der Waals surface area (Å²) in [6.07, 6.45) is 0.00156. The summed E-state index contributed by atoms with van der Waals surface area (Å²) < 4.78 is 15.9. The molecule has 0 radical (unpaired) electrons. The molecular weight excluding hydrogens is 372 g/mol. The number of aromatic nitrogens is 1. The summed E-state index contributed by atoms with van der Waals surface area (Å²) in [5.41, 5.74) is 2.91. The molecule has 29 heavy (non-hydrogen) atoms. The number of benzene rings is 2. The minimum absolute atomic E-state index is 0.00156. The molecule has 150 valence electrons. The molecule has 1 heterocycles. The van der Waals surface area contributed by atoms with Crippen molar-refractivity contribution >= 4 is 17.6 Å². The van der Waals surface area contributed by atoms with Crippen LogP contribution < -0.4 is 10.1 Å². The minimum Gasteiger partial charge on any atom is -0.455 e. The third kappa shape index (κ3) is 5.44. The standard InChI is InChI=1S/C22H22N2O5/c1-14-8-10-17(11-9-14)28-20-7-5-4-6-19(20)23-21(25)13-27-22(26)12-18-15(2)24-29-16(18)3/h4-11H,12-13H2,1-3H3,(H,23,25). The smallest absolute Gasteiger partial charge is 0.310 e. The molecule has 3 rings (SSSR count). The zero-order chi connectivity index (χ0) is 20.8. The van der Waals surface area contributed by atoms with Gasteiger partial charge in [-0.3, -0.25) is 9.59 Å². The van der Waals surface area contributed by atoms with Crippen LogP contribution in [-0.2, 0) is 20.7 Å². The van der Waals surface area contributed by atoms with Crippen LogP contribution in [0, 0.1) is 20.8 Å². The second kappa shape index (κ2) is 9.05. The largest absolute Gasteiger partial charge is 0.455 e. The number of hydrogen-bond acceptors (Lipinski definition) is 6. The van der Waals surface area contributed by atoms with E-state index in [2.05, 4.69) is 10.5 Å². The third-order valence-corrected chi connectivity index (χ3v) is 4.28. The zero-order valence-electron chi connectivity index (χ0n) is 16.5. The molecule has 7 nitrogen and oxygen atoms in total. The molecular formula is C22H22N2O5. The van der Waals surface area contributed by atoms with E-state index in [-0.39, 0.29) is 6.42 Å². The molecule has 1 aromatic heterocycles. The Morgan fingerprint density at radius 3 is 2.45 bits per heavy atom. The first-order valence-corrected chi connectivity index (χ1v) is 9.13. The van der Waals surface area contributed by atoms with Gasteiger partial charge in [-0.1, -0.05) is 35.0 Å². The normalized spacial score (nSPS) is 10.4. The maximum atomic E-state index is 12.2. The quantitative estimate of drug-likeness (QED) is 0.606. The van der Waals surface area contributed by atoms with Gasteiger partial charge in [0, 0.05) is 5.56 Å². The highest BCUT2D eigenvalue weighted by atomic mass is 16.5. The second-order valence-corrected chi connectivity index (χ2v) is 6.60. The van der Waals surface area contributed by atoms with Crippen LogP contribution in [0.2, 0.25) is 0 Å². The monoisotopic (exact) mass is 394 g/mol. The average Bonchev–Trinajstić information content (AvgIpc) is 3.01. The van der Waals surface area contributed by atoms with Gasteiger partial charge in [-0.05, 0) is 45.0 Å². The molecule has 3 aromatic rings. The number of anilines is 1. The van der Waals surface area contributed by atoms with E-state index in [9.17, 15) is 9.59 Å². The number of hydrogen-bond donors (Lipinski definition) is 1. The lowest BCUT2D eigenvalue weighted by Gasteiger charge is -2.12. The first-order chi connectivity index (χ1) is 13.9. The van der Waals surface area contributed by atoms with Gasteiger partial charge in [0.05, 0.1) is 17.8 Å². The van der Waals surface area contributed by atoms with Crippen LogP contribution in [0.25, 0.3) is 0 Å². The van der Waals surface area contributed by atoms with E-state index in [1.165, 1.54) is 0 Å². The van der Waals surface area contributed by atoms with Crippen molar-refractivity contribution in [3.8, 4) is 11.5 Å². The highest BCUT2D eigenvalue weighted by molar-refractivity contribution is 5.94. The van der Waals surface area contributed by atoms with E-state index in [1.807, 2.05) is 37.3 Å². The molecule has 2 aromatic carbocycles. The highest BCUT2D eigenvalue weighted by Gasteiger charge is 2.16. The molecule has 0 spiro atoms. The molecule has 1 N–H and O–H groups in total. The van der Waals surface area contributed by atoms with Crippen LogP contribution >= 0.6 is 0 Å². The van der Waals surface area contributed by atoms with E-state index in [1.54, 1.807) is 32.0 Å². The van der Waals surface area contributed by atoms with Gasteiger partial charge in [0.2, 0.25) is 0 Å². The number of esters is 1. The lowest BCUT2D eigenvalue weighted by atomic mass is 10.1. The number of amides is 1. The summed E-state index contributed by atoms with van der Waals surface area (Å²) in [6, 6.07) is 14.6. The second-order valence-electron chi connectivity index (χ2n) is 6.60. The predicted octanol–water partition coefficient (Wildman–Crippen LogP) is 4.12. The SMILES string of the molecule is Cc1ccc(Oc2ccccc2NC(=O)COC(=O)Cc2c(C)noc2C)cc1. The molecule has 0 bridgehead atoms. The molecule has 0 aliphatic rings. The molecule has 7 heteroatoms. The fourth-order valence-corrected chi connectivity index (χ4v) is 2.67. The van der Waals surface area contributed by atoms with Crippen molar-refractivity contribution in [2.45, 2.75) is 27.2 Å². The number of carbonyl (C=O) groups is 2. The van der Waals surface area contributed by atoms with Gasteiger partial charge >= 0.3 is 5.97 Å². The summed E-state index contributed by atoms with van der Waals surface area (Å²) in [7, 11) is 0. The number of ether oxygens (including phenoxy) is 2. The van der Waals surface area contributed by atoms with Gasteiger partial charge in [0.25, 0.3) is 5.91 Å². The Balaban J connectivity index is 1.56. The first-order valence-electron chi connectivity index (χ1n) is 9.13. The maximum Gasteiger partial charge on any atom is 0.310 e. The maximum absolute atomic E-state index is 12.2. The number of carbonyl (C=O) groups excluding carboxylic acids is 2. The van der Waals surface area contributed by atoms with Crippen LogP contribution in [0.4, 0.5) is 5.69 Å². The summed E-state index contributed by atoms with van der Waals surface area (Å²) in [6.45, 7) is 5.06. The molecule has 0 aliphatic carbocycles. The molecule has 0 fully saturated rings. The number of nitrogens with one attached hydrogen (secondary N) is 1. The van der Waals surface area contributed by atoms with Gasteiger partial charge in [0.15, 0.2) is 12.4 Å². The molecule has 0 unspecified atom stereocenters. The van der Waals surface area contributed by atoms with E-state index in [4.69, 9.17) is 14.0 Å². The van der Waals surface area contributed by atoms with Crippen LogP contribution in [0.3, 0.4) is 0 Å². The number of rotatable bonds is 7. The third-order valence-electron chi connectivity index (χ3n) is 4.28. The zero-order valence-corrected chi connectivity index (χ0v) is 16.5. The number of aryl methyl sites for hydroxylation is 3. The highest BCUT2D eigenvalue weighted by Crippen LogP contribution is 2.29. The van der Waals surface area contributed by atoms with E-state index >= 15 is 0 Å². The molecule has 0 saturated carbocycles. The van der Waals surface area contributed by atoms with Crippen LogP contribution in [0.5, 0.6) is 11.5 Å². The van der Waals surface area contributed by atoms with Gasteiger partial charge in [0.1, 0.15) is 11.5 Å². The van der Waals surface area contributed by atoms with Crippen molar-refractivity contribution in [1.29, 1.82) is 0 Å². The van der Waals surface area contributed by atoms with Gasteiger partial charge in [-0.2, -0.15) is 0 Å². The minimum atomic E-state index is -0.529. The summed E-state index contributed by atoms with van der Waals surface area (Å²) in [5.74, 6) is 0.719. The van der Waals surface area contributed by atoms with Gasteiger partial charge < -0.3 is 19.3 Å². The summed E-state index contributed by atoms with van der Waals surface area (Å²) in [5, 5.41) is 6.50. The average molecular weight is 394 g/mol. The van der Waals surface area contributed by atoms with E-state index < -0.39 is 18.5 Å². The molecule has 1 amide bonds. The topological polar surface area (TPSA) is 90.7 Å². The van der Waals surface area contributed by atoms with Crippen LogP contribution in [0.15, 0.2) is 53.1 Å². The predicted molar refractivity (Wildman–Crippen MR) is 107 cm³/mol. The van der Waals surface area contributed by atoms with Crippen molar-refractivity contribution in [2.75, 3.05) is 11.9 Å². The molecule has 0 saturated heterocycles. The van der Waals surface area contributed by atoms with Crippen molar-refractivity contribution < 1.29 is 23.6 Å². The van der Waals surface area contributed by atoms with Gasteiger partial charge in [-0.25, -0.2) is 0 Å². The number of para-hydroxylation sites is 2. The van der Waals surface area contributed by atoms with Crippen LogP contribution in [-0.4, -0.2) is 23.6 Å². The lowest BCUT2D eigenvalue weighted by molar-refractivity contribution is -0.146. The fraction of sp³-hybridized carbons (Fsp3) is 0.227. The number of nitrogens with zero attached hydrogens (tertiary/aromatic N) is 1. The summed E-state index contributed by atoms with van der Waals surface area (Å²) >= 11 is 0. The van der Waals surface area contributed by atoms with E-state index in [0.29, 0.717) is 34.2 Å². The Labute approximate surface area is 168 Å². The van der Waals surface area contributed by atoms with Crippen molar-refractivity contribution in [2.24, 2.45) is 0 Å². The van der Waals surface area contributed by atoms with Crippen LogP contribution in [0.1, 0.15) is 22.6 Å².